The summed E-state index contributed by atoms with van der Waals surface area (Å²) >= 11 is 0. The second kappa shape index (κ2) is 6.33. The zero-order valence-electron chi connectivity index (χ0n) is 11.8. The number of carbonyl (C=O) groups is 1. The SMILES string of the molecule is CCNC1(C(=O)OC)CCC(N2CCS(=O)CC2)C1. The third-order valence-corrected chi connectivity index (χ3v) is 5.58. The van der Waals surface area contributed by atoms with E-state index in [1.165, 1.54) is 7.11 Å². The minimum atomic E-state index is -0.643. The lowest BCUT2D eigenvalue weighted by molar-refractivity contribution is -0.148. The Hall–Kier alpha value is -0.460. The largest absolute Gasteiger partial charge is 0.468 e. The van der Waals surface area contributed by atoms with E-state index in [1.807, 2.05) is 6.92 Å². The first kappa shape index (κ1) is 14.9. The summed E-state index contributed by atoms with van der Waals surface area (Å²) in [6, 6.07) is 0.412. The van der Waals surface area contributed by atoms with Crippen LogP contribution in [0.4, 0.5) is 0 Å². The number of ether oxygens (including phenoxy) is 1. The van der Waals surface area contributed by atoms with Crippen molar-refractivity contribution >= 4 is 16.8 Å². The van der Waals surface area contributed by atoms with E-state index in [1.54, 1.807) is 0 Å². The van der Waals surface area contributed by atoms with Crippen molar-refractivity contribution in [3.63, 3.8) is 0 Å². The maximum Gasteiger partial charge on any atom is 0.326 e. The maximum atomic E-state index is 12.1. The van der Waals surface area contributed by atoms with E-state index in [9.17, 15) is 9.00 Å². The lowest BCUT2D eigenvalue weighted by atomic mass is 9.97. The van der Waals surface area contributed by atoms with Crippen LogP contribution in [-0.2, 0) is 20.3 Å². The normalized spacial score (nSPS) is 33.5. The van der Waals surface area contributed by atoms with Crippen LogP contribution in [0, 0.1) is 0 Å². The fraction of sp³-hybridized carbons (Fsp3) is 0.923. The van der Waals surface area contributed by atoms with Gasteiger partial charge < -0.3 is 10.1 Å². The average molecular weight is 288 g/mol. The molecule has 6 heteroatoms. The maximum absolute atomic E-state index is 12.1. The van der Waals surface area contributed by atoms with Crippen molar-refractivity contribution in [1.82, 2.24) is 10.2 Å². The summed E-state index contributed by atoms with van der Waals surface area (Å²) in [5.74, 6) is 1.39. The highest BCUT2D eigenvalue weighted by atomic mass is 32.2. The lowest BCUT2D eigenvalue weighted by Crippen LogP contribution is -2.52. The Morgan fingerprint density at radius 3 is 2.74 bits per heavy atom. The first-order valence-corrected chi connectivity index (χ1v) is 8.52. The van der Waals surface area contributed by atoms with Crippen LogP contribution in [0.5, 0.6) is 0 Å². The van der Waals surface area contributed by atoms with Gasteiger partial charge in [-0.25, -0.2) is 0 Å². The molecule has 2 rings (SSSR count). The van der Waals surface area contributed by atoms with Crippen LogP contribution < -0.4 is 5.32 Å². The van der Waals surface area contributed by atoms with Gasteiger partial charge in [-0.05, 0) is 25.8 Å². The molecule has 2 atom stereocenters. The molecule has 1 heterocycles. The molecule has 2 fully saturated rings. The molecule has 1 saturated heterocycles. The highest BCUT2D eigenvalue weighted by molar-refractivity contribution is 7.85. The van der Waals surface area contributed by atoms with Gasteiger partial charge in [0.05, 0.1) is 7.11 Å². The van der Waals surface area contributed by atoms with E-state index in [0.717, 1.165) is 50.4 Å². The van der Waals surface area contributed by atoms with Crippen molar-refractivity contribution in [3.05, 3.63) is 0 Å². The summed E-state index contributed by atoms with van der Waals surface area (Å²) in [6.07, 6.45) is 2.65. The number of hydrogen-bond donors (Lipinski definition) is 1. The molecule has 1 aliphatic carbocycles. The second-order valence-corrected chi connectivity index (χ2v) is 7.08. The van der Waals surface area contributed by atoms with E-state index < -0.39 is 16.3 Å². The van der Waals surface area contributed by atoms with E-state index >= 15 is 0 Å². The molecule has 1 aliphatic heterocycles. The minimum Gasteiger partial charge on any atom is -0.468 e. The van der Waals surface area contributed by atoms with Crippen molar-refractivity contribution in [3.8, 4) is 0 Å². The number of likely N-dealkylation sites (N-methyl/N-ethyl adjacent to an activating group) is 1. The molecule has 1 saturated carbocycles. The van der Waals surface area contributed by atoms with Crippen LogP contribution in [0.2, 0.25) is 0 Å². The molecule has 0 radical (unpaired) electrons. The number of hydrogen-bond acceptors (Lipinski definition) is 5. The number of rotatable bonds is 4. The monoisotopic (exact) mass is 288 g/mol. The van der Waals surface area contributed by atoms with Gasteiger partial charge >= 0.3 is 5.97 Å². The van der Waals surface area contributed by atoms with Gasteiger partial charge in [-0.2, -0.15) is 0 Å². The molecule has 2 aliphatic rings. The van der Waals surface area contributed by atoms with Gasteiger partial charge in [-0.1, -0.05) is 6.92 Å². The lowest BCUT2D eigenvalue weighted by Gasteiger charge is -2.33. The molecule has 110 valence electrons. The van der Waals surface area contributed by atoms with E-state index in [4.69, 9.17) is 4.74 Å². The van der Waals surface area contributed by atoms with Gasteiger partial charge in [-0.3, -0.25) is 13.9 Å². The van der Waals surface area contributed by atoms with Crippen molar-refractivity contribution in [2.75, 3.05) is 38.2 Å². The Bertz CT molecular complexity index is 354. The van der Waals surface area contributed by atoms with Gasteiger partial charge in [0, 0.05) is 41.4 Å². The summed E-state index contributed by atoms with van der Waals surface area (Å²) < 4.78 is 16.4. The van der Waals surface area contributed by atoms with Crippen molar-refractivity contribution in [1.29, 1.82) is 0 Å². The molecule has 0 aromatic rings. The molecule has 2 unspecified atom stereocenters. The smallest absolute Gasteiger partial charge is 0.326 e. The highest BCUT2D eigenvalue weighted by Gasteiger charge is 2.47. The molecule has 0 bridgehead atoms. The molecule has 0 spiro atoms. The van der Waals surface area contributed by atoms with Crippen molar-refractivity contribution in [2.24, 2.45) is 0 Å². The third-order valence-electron chi connectivity index (χ3n) is 4.31. The number of nitrogens with one attached hydrogen (secondary N) is 1. The van der Waals surface area contributed by atoms with Crippen LogP contribution in [0.15, 0.2) is 0 Å². The quantitative estimate of drug-likeness (QED) is 0.745. The van der Waals surface area contributed by atoms with Crippen LogP contribution in [0.3, 0.4) is 0 Å². The average Bonchev–Trinajstić information content (AvgIpc) is 2.84. The van der Waals surface area contributed by atoms with Crippen LogP contribution in [0.25, 0.3) is 0 Å². The Kier molecular flexibility index (Phi) is 4.97. The molecule has 19 heavy (non-hydrogen) atoms. The predicted octanol–water partition coefficient (Wildman–Crippen LogP) is 0.125. The highest BCUT2D eigenvalue weighted by Crippen LogP contribution is 2.34. The Morgan fingerprint density at radius 2 is 2.16 bits per heavy atom. The number of carbonyl (C=O) groups excluding carboxylic acids is 1. The van der Waals surface area contributed by atoms with Crippen LogP contribution >= 0.6 is 0 Å². The predicted molar refractivity (Wildman–Crippen MR) is 75.5 cm³/mol. The fourth-order valence-corrected chi connectivity index (χ4v) is 4.38. The molecule has 0 amide bonds. The number of methoxy groups -OCH3 is 1. The topological polar surface area (TPSA) is 58.6 Å². The van der Waals surface area contributed by atoms with Gasteiger partial charge in [-0.15, -0.1) is 0 Å². The first-order chi connectivity index (χ1) is 9.11. The number of esters is 1. The van der Waals surface area contributed by atoms with E-state index in [-0.39, 0.29) is 5.97 Å². The third kappa shape index (κ3) is 3.17. The molecule has 1 N–H and O–H groups in total. The summed E-state index contributed by atoms with van der Waals surface area (Å²) in [6.45, 7) is 4.56. The molecule has 5 nitrogen and oxygen atoms in total. The van der Waals surface area contributed by atoms with Crippen LogP contribution in [0.1, 0.15) is 26.2 Å². The van der Waals surface area contributed by atoms with E-state index in [2.05, 4.69) is 10.2 Å². The summed E-state index contributed by atoms with van der Waals surface area (Å²) in [7, 11) is 0.814. The minimum absolute atomic E-state index is 0.141. The molecular weight excluding hydrogens is 264 g/mol. The van der Waals surface area contributed by atoms with Gasteiger partial charge in [0.25, 0.3) is 0 Å². The van der Waals surface area contributed by atoms with Gasteiger partial charge in [0.15, 0.2) is 0 Å². The summed E-state index contributed by atoms with van der Waals surface area (Å²) in [5, 5.41) is 3.33. The van der Waals surface area contributed by atoms with Crippen molar-refractivity contribution < 1.29 is 13.7 Å². The standard InChI is InChI=1S/C13H24N2O3S/c1-3-14-13(12(16)18-2)5-4-11(10-13)15-6-8-19(17)9-7-15/h11,14H,3-10H2,1-2H3. The van der Waals surface area contributed by atoms with E-state index in [0.29, 0.717) is 6.04 Å². The Morgan fingerprint density at radius 1 is 1.47 bits per heavy atom. The zero-order chi connectivity index (χ0) is 13.9. The molecule has 0 aromatic heterocycles. The van der Waals surface area contributed by atoms with Gasteiger partial charge in [0.2, 0.25) is 0 Å². The fourth-order valence-electron chi connectivity index (χ4n) is 3.30. The first-order valence-electron chi connectivity index (χ1n) is 7.04. The van der Waals surface area contributed by atoms with Crippen LogP contribution in [-0.4, -0.2) is 64.9 Å². The Labute approximate surface area is 117 Å². The number of nitrogens with zero attached hydrogens (tertiary/aromatic N) is 1. The van der Waals surface area contributed by atoms with Gasteiger partial charge in [0.1, 0.15) is 5.54 Å². The van der Waals surface area contributed by atoms with Crippen molar-refractivity contribution in [2.45, 2.75) is 37.8 Å². The summed E-state index contributed by atoms with van der Waals surface area (Å²) in [5.41, 5.74) is -0.509. The Balaban J connectivity index is 2.00. The zero-order valence-corrected chi connectivity index (χ0v) is 12.6. The molecular formula is C13H24N2O3S. The summed E-state index contributed by atoms with van der Waals surface area (Å²) in [4.78, 5) is 14.4. The second-order valence-electron chi connectivity index (χ2n) is 5.38. The molecule has 0 aromatic carbocycles.